The molecule has 0 spiro atoms. The largest absolute Gasteiger partial charge is 0.387 e. The Morgan fingerprint density at radius 3 is 2.06 bits per heavy atom. The summed E-state index contributed by atoms with van der Waals surface area (Å²) < 4.78 is 12.8. The van der Waals surface area contributed by atoms with E-state index in [4.69, 9.17) is 0 Å². The van der Waals surface area contributed by atoms with Gasteiger partial charge in [-0.2, -0.15) is 0 Å². The van der Waals surface area contributed by atoms with Gasteiger partial charge in [-0.3, -0.25) is 0 Å². The molecule has 1 aromatic carbocycles. The monoisotopic (exact) mass is 238 g/mol. The fraction of sp³-hybridized carbons (Fsp3) is 0.429. The minimum absolute atomic E-state index is 0.224. The van der Waals surface area contributed by atoms with Gasteiger partial charge in [0.2, 0.25) is 0 Å². The zero-order valence-electron chi connectivity index (χ0n) is 10.5. The number of halogens is 1. The first kappa shape index (κ1) is 13.9. The van der Waals surface area contributed by atoms with Crippen LogP contribution in [0.25, 0.3) is 5.57 Å². The van der Waals surface area contributed by atoms with Gasteiger partial charge in [-0.1, -0.05) is 18.7 Å². The molecule has 0 saturated carbocycles. The summed E-state index contributed by atoms with van der Waals surface area (Å²) >= 11 is 0. The van der Waals surface area contributed by atoms with E-state index in [-0.39, 0.29) is 12.2 Å². The summed E-state index contributed by atoms with van der Waals surface area (Å²) in [6, 6.07) is 5.91. The Kier molecular flexibility index (Phi) is 3.74. The summed E-state index contributed by atoms with van der Waals surface area (Å²) in [5.74, 6) is -0.309. The number of hydrogen-bond donors (Lipinski definition) is 2. The zero-order valence-corrected chi connectivity index (χ0v) is 10.5. The Balaban J connectivity index is 2.83. The molecule has 2 N–H and O–H groups in total. The van der Waals surface area contributed by atoms with E-state index in [0.717, 1.165) is 5.56 Å². The smallest absolute Gasteiger partial charge is 0.123 e. The topological polar surface area (TPSA) is 40.5 Å². The van der Waals surface area contributed by atoms with Gasteiger partial charge in [0.25, 0.3) is 0 Å². The van der Waals surface area contributed by atoms with Crippen LogP contribution in [0.2, 0.25) is 0 Å². The highest BCUT2D eigenvalue weighted by Gasteiger charge is 2.37. The molecule has 1 unspecified atom stereocenters. The molecule has 1 aromatic rings. The van der Waals surface area contributed by atoms with Crippen LogP contribution < -0.4 is 0 Å². The van der Waals surface area contributed by atoms with E-state index in [0.29, 0.717) is 5.57 Å². The lowest BCUT2D eigenvalue weighted by Gasteiger charge is -2.36. The van der Waals surface area contributed by atoms with Gasteiger partial charge in [0.15, 0.2) is 0 Å². The molecular weight excluding hydrogens is 219 g/mol. The minimum atomic E-state index is -1.28. The van der Waals surface area contributed by atoms with E-state index in [1.54, 1.807) is 32.9 Å². The predicted molar refractivity (Wildman–Crippen MR) is 67.0 cm³/mol. The van der Waals surface area contributed by atoms with Crippen molar-refractivity contribution in [3.05, 3.63) is 42.2 Å². The van der Waals surface area contributed by atoms with Crippen molar-refractivity contribution in [1.29, 1.82) is 0 Å². The first-order valence-electron chi connectivity index (χ1n) is 5.52. The van der Waals surface area contributed by atoms with Crippen LogP contribution in [0, 0.1) is 5.82 Å². The van der Waals surface area contributed by atoms with Crippen LogP contribution in [0.1, 0.15) is 32.8 Å². The molecule has 94 valence electrons. The van der Waals surface area contributed by atoms with Gasteiger partial charge in [0, 0.05) is 6.42 Å². The third kappa shape index (κ3) is 3.38. The number of benzene rings is 1. The van der Waals surface area contributed by atoms with Crippen LogP contribution in [-0.2, 0) is 0 Å². The third-order valence-electron chi connectivity index (χ3n) is 3.13. The van der Waals surface area contributed by atoms with Gasteiger partial charge >= 0.3 is 0 Å². The lowest BCUT2D eigenvalue weighted by molar-refractivity contribution is -0.116. The van der Waals surface area contributed by atoms with Gasteiger partial charge in [-0.25, -0.2) is 4.39 Å². The molecule has 0 bridgehead atoms. The second-order valence-corrected chi connectivity index (χ2v) is 5.12. The second-order valence-electron chi connectivity index (χ2n) is 5.12. The van der Waals surface area contributed by atoms with Crippen molar-refractivity contribution in [3.63, 3.8) is 0 Å². The van der Waals surface area contributed by atoms with Crippen molar-refractivity contribution < 1.29 is 14.6 Å². The van der Waals surface area contributed by atoms with E-state index in [2.05, 4.69) is 6.58 Å². The molecular formula is C14H19FO2. The summed E-state index contributed by atoms with van der Waals surface area (Å²) in [5, 5.41) is 20.0. The Morgan fingerprint density at radius 2 is 1.65 bits per heavy atom. The average molecular weight is 238 g/mol. The van der Waals surface area contributed by atoms with Crippen LogP contribution in [0.3, 0.4) is 0 Å². The van der Waals surface area contributed by atoms with Gasteiger partial charge in [-0.15, -0.1) is 0 Å². The zero-order chi connectivity index (χ0) is 13.3. The van der Waals surface area contributed by atoms with Crippen LogP contribution in [0.15, 0.2) is 30.8 Å². The Labute approximate surface area is 101 Å². The molecule has 2 nitrogen and oxygen atoms in total. The highest BCUT2D eigenvalue weighted by molar-refractivity contribution is 5.64. The van der Waals surface area contributed by atoms with Gasteiger partial charge < -0.3 is 10.2 Å². The molecule has 0 aromatic heterocycles. The molecule has 0 fully saturated rings. The Hall–Kier alpha value is -1.19. The molecule has 0 aliphatic carbocycles. The minimum Gasteiger partial charge on any atom is -0.387 e. The van der Waals surface area contributed by atoms with Crippen LogP contribution in [-0.4, -0.2) is 21.4 Å². The first-order chi connectivity index (χ1) is 7.63. The van der Waals surface area contributed by atoms with Gasteiger partial charge in [0.1, 0.15) is 5.82 Å². The maximum atomic E-state index is 12.8. The molecule has 1 rings (SSSR count). The number of aliphatic hydroxyl groups is 2. The maximum Gasteiger partial charge on any atom is 0.123 e. The van der Waals surface area contributed by atoms with Gasteiger partial charge in [0.05, 0.1) is 11.2 Å². The van der Waals surface area contributed by atoms with Gasteiger partial charge in [-0.05, 0) is 44.0 Å². The molecule has 0 radical (unpaired) electrons. The van der Waals surface area contributed by atoms with E-state index < -0.39 is 11.2 Å². The molecule has 0 aliphatic heterocycles. The van der Waals surface area contributed by atoms with Crippen LogP contribution in [0.4, 0.5) is 4.39 Å². The van der Waals surface area contributed by atoms with E-state index in [1.807, 2.05) is 0 Å². The average Bonchev–Trinajstić information content (AvgIpc) is 2.16. The van der Waals surface area contributed by atoms with Crippen LogP contribution in [0.5, 0.6) is 0 Å². The Morgan fingerprint density at radius 1 is 1.18 bits per heavy atom. The molecule has 3 heteroatoms. The summed E-state index contributed by atoms with van der Waals surface area (Å²) in [6.45, 7) is 8.51. The molecule has 0 aliphatic rings. The van der Waals surface area contributed by atoms with Crippen molar-refractivity contribution in [2.24, 2.45) is 0 Å². The standard InChI is InChI=1S/C14H19FO2/c1-10(9-14(4,17)13(2,3)16)11-5-7-12(15)8-6-11/h5-8,16-17H,1,9H2,2-4H3. The van der Waals surface area contributed by atoms with Crippen molar-refractivity contribution in [3.8, 4) is 0 Å². The molecule has 17 heavy (non-hydrogen) atoms. The molecule has 0 saturated heterocycles. The van der Waals surface area contributed by atoms with Crippen molar-refractivity contribution in [1.82, 2.24) is 0 Å². The lowest BCUT2D eigenvalue weighted by Crippen LogP contribution is -2.47. The predicted octanol–water partition coefficient (Wildman–Crippen LogP) is 2.75. The molecule has 0 heterocycles. The van der Waals surface area contributed by atoms with Crippen molar-refractivity contribution in [2.75, 3.05) is 0 Å². The van der Waals surface area contributed by atoms with Crippen molar-refractivity contribution >= 4 is 5.57 Å². The highest BCUT2D eigenvalue weighted by atomic mass is 19.1. The van der Waals surface area contributed by atoms with E-state index >= 15 is 0 Å². The molecule has 1 atom stereocenters. The summed E-state index contributed by atoms with van der Waals surface area (Å²) in [5.41, 5.74) is -1.08. The van der Waals surface area contributed by atoms with Crippen molar-refractivity contribution in [2.45, 2.75) is 38.4 Å². The quantitative estimate of drug-likeness (QED) is 0.846. The highest BCUT2D eigenvalue weighted by Crippen LogP contribution is 2.31. The second kappa shape index (κ2) is 4.59. The summed E-state index contributed by atoms with van der Waals surface area (Å²) in [6.07, 6.45) is 0.224. The SMILES string of the molecule is C=C(CC(C)(O)C(C)(C)O)c1ccc(F)cc1. The maximum absolute atomic E-state index is 12.8. The molecule has 0 amide bonds. The number of hydrogen-bond acceptors (Lipinski definition) is 2. The fourth-order valence-corrected chi connectivity index (χ4v) is 1.42. The Bertz CT molecular complexity index is 399. The summed E-state index contributed by atoms with van der Waals surface area (Å²) in [7, 11) is 0. The van der Waals surface area contributed by atoms with E-state index in [9.17, 15) is 14.6 Å². The fourth-order valence-electron chi connectivity index (χ4n) is 1.42. The third-order valence-corrected chi connectivity index (χ3v) is 3.13. The summed E-state index contributed by atoms with van der Waals surface area (Å²) in [4.78, 5) is 0. The lowest BCUT2D eigenvalue weighted by atomic mass is 9.81. The van der Waals surface area contributed by atoms with Crippen LogP contribution >= 0.6 is 0 Å². The van der Waals surface area contributed by atoms with E-state index in [1.165, 1.54) is 12.1 Å². The number of rotatable bonds is 4. The first-order valence-corrected chi connectivity index (χ1v) is 5.52. The normalized spacial score (nSPS) is 15.4.